The molecule has 0 aliphatic carbocycles. The number of urea groups is 1. The van der Waals surface area contributed by atoms with Crippen molar-refractivity contribution in [2.45, 2.75) is 18.8 Å². The average Bonchev–Trinajstić information content (AvgIpc) is 2.91. The number of nitrogens with one attached hydrogen (secondary N) is 2. The Balaban J connectivity index is 1.12. The molecule has 1 aromatic heterocycles. The van der Waals surface area contributed by atoms with Gasteiger partial charge in [0.25, 0.3) is 0 Å². The second-order valence-electron chi connectivity index (χ2n) is 8.58. The van der Waals surface area contributed by atoms with Crippen LogP contribution in [-0.2, 0) is 0 Å². The molecule has 0 atom stereocenters. The molecular weight excluding hydrogens is 424 g/mol. The summed E-state index contributed by atoms with van der Waals surface area (Å²) in [5.41, 5.74) is 2.55. The summed E-state index contributed by atoms with van der Waals surface area (Å²) in [4.78, 5) is 25.6. The molecule has 0 saturated carbocycles. The Morgan fingerprint density at radius 2 is 1.38 bits per heavy atom. The molecule has 1 aliphatic heterocycles. The van der Waals surface area contributed by atoms with Crippen molar-refractivity contribution in [3.63, 3.8) is 0 Å². The standard InChI is InChI=1S/C27H34N6O/c34-27(30-16-8-18-32-19-21-33(22-20-32)26-28-14-7-15-29-26)31-17-13-25(23-9-3-1-4-10-23)24-11-5-2-6-12-24/h1-7,9-12,14-15,25H,8,13,16-22H2,(H2,30,31,34). The van der Waals surface area contributed by atoms with Crippen LogP contribution in [0.5, 0.6) is 0 Å². The van der Waals surface area contributed by atoms with Crippen LogP contribution in [0.15, 0.2) is 79.1 Å². The predicted octanol–water partition coefficient (Wildman–Crippen LogP) is 3.51. The minimum atomic E-state index is -0.0917. The van der Waals surface area contributed by atoms with Crippen LogP contribution in [0.25, 0.3) is 0 Å². The molecule has 1 saturated heterocycles. The number of benzene rings is 2. The lowest BCUT2D eigenvalue weighted by molar-refractivity contribution is 0.235. The predicted molar refractivity (Wildman–Crippen MR) is 136 cm³/mol. The summed E-state index contributed by atoms with van der Waals surface area (Å²) in [7, 11) is 0. The zero-order valence-electron chi connectivity index (χ0n) is 19.6. The Labute approximate surface area is 202 Å². The zero-order chi connectivity index (χ0) is 23.4. The number of piperazine rings is 1. The van der Waals surface area contributed by atoms with E-state index in [2.05, 4.69) is 78.9 Å². The van der Waals surface area contributed by atoms with E-state index in [9.17, 15) is 4.79 Å². The van der Waals surface area contributed by atoms with Crippen LogP contribution in [-0.4, -0.2) is 66.7 Å². The van der Waals surface area contributed by atoms with Crippen molar-refractivity contribution in [1.82, 2.24) is 25.5 Å². The molecular formula is C27H34N6O. The van der Waals surface area contributed by atoms with Gasteiger partial charge < -0.3 is 15.5 Å². The lowest BCUT2D eigenvalue weighted by Crippen LogP contribution is -2.47. The molecule has 3 aromatic rings. The van der Waals surface area contributed by atoms with E-state index in [1.807, 2.05) is 18.2 Å². The van der Waals surface area contributed by atoms with Crippen molar-refractivity contribution in [1.29, 1.82) is 0 Å². The molecule has 178 valence electrons. The van der Waals surface area contributed by atoms with Crippen LogP contribution >= 0.6 is 0 Å². The number of carbonyl (C=O) groups excluding carboxylic acids is 1. The third-order valence-corrected chi connectivity index (χ3v) is 6.27. The third kappa shape index (κ3) is 7.02. The van der Waals surface area contributed by atoms with E-state index in [-0.39, 0.29) is 11.9 Å². The Bertz CT molecular complexity index is 938. The van der Waals surface area contributed by atoms with Crippen molar-refractivity contribution >= 4 is 12.0 Å². The fourth-order valence-corrected chi connectivity index (χ4v) is 4.42. The van der Waals surface area contributed by atoms with Gasteiger partial charge in [-0.05, 0) is 36.6 Å². The molecule has 34 heavy (non-hydrogen) atoms. The second kappa shape index (κ2) is 12.7. The van der Waals surface area contributed by atoms with Gasteiger partial charge in [-0.25, -0.2) is 14.8 Å². The summed E-state index contributed by atoms with van der Waals surface area (Å²) < 4.78 is 0. The number of rotatable bonds is 10. The summed E-state index contributed by atoms with van der Waals surface area (Å²) in [6, 6.07) is 22.7. The lowest BCUT2D eigenvalue weighted by Gasteiger charge is -2.34. The van der Waals surface area contributed by atoms with Gasteiger partial charge in [-0.1, -0.05) is 60.7 Å². The molecule has 1 aliphatic rings. The van der Waals surface area contributed by atoms with Crippen LogP contribution in [0, 0.1) is 0 Å². The maximum Gasteiger partial charge on any atom is 0.314 e. The first-order valence-corrected chi connectivity index (χ1v) is 12.2. The number of hydrogen-bond acceptors (Lipinski definition) is 5. The first-order valence-electron chi connectivity index (χ1n) is 12.2. The Morgan fingerprint density at radius 3 is 2.00 bits per heavy atom. The molecule has 1 fully saturated rings. The zero-order valence-corrected chi connectivity index (χ0v) is 19.6. The highest BCUT2D eigenvalue weighted by Crippen LogP contribution is 2.27. The Kier molecular flexibility index (Phi) is 8.85. The summed E-state index contributed by atoms with van der Waals surface area (Å²) in [6.45, 7) is 6.13. The van der Waals surface area contributed by atoms with Crippen LogP contribution in [0.1, 0.15) is 29.9 Å². The van der Waals surface area contributed by atoms with Gasteiger partial charge in [-0.2, -0.15) is 0 Å². The third-order valence-electron chi connectivity index (χ3n) is 6.27. The van der Waals surface area contributed by atoms with E-state index in [1.165, 1.54) is 11.1 Å². The summed E-state index contributed by atoms with van der Waals surface area (Å²) in [6.07, 6.45) is 5.37. The number of nitrogens with zero attached hydrogens (tertiary/aromatic N) is 4. The van der Waals surface area contributed by atoms with Crippen molar-refractivity contribution in [3.8, 4) is 0 Å². The van der Waals surface area contributed by atoms with Gasteiger partial charge in [-0.15, -0.1) is 0 Å². The topological polar surface area (TPSA) is 73.4 Å². The first kappa shape index (κ1) is 23.7. The van der Waals surface area contributed by atoms with Crippen molar-refractivity contribution in [3.05, 3.63) is 90.3 Å². The molecule has 0 bridgehead atoms. The van der Waals surface area contributed by atoms with Gasteiger partial charge in [-0.3, -0.25) is 4.90 Å². The van der Waals surface area contributed by atoms with Gasteiger partial charge in [0.2, 0.25) is 5.95 Å². The van der Waals surface area contributed by atoms with E-state index in [0.717, 1.165) is 51.5 Å². The molecule has 2 heterocycles. The molecule has 4 rings (SSSR count). The van der Waals surface area contributed by atoms with Crippen LogP contribution < -0.4 is 15.5 Å². The minimum Gasteiger partial charge on any atom is -0.338 e. The van der Waals surface area contributed by atoms with E-state index in [0.29, 0.717) is 13.1 Å². The summed E-state index contributed by atoms with van der Waals surface area (Å²) in [5.74, 6) is 1.07. The van der Waals surface area contributed by atoms with Crippen molar-refractivity contribution in [2.75, 3.05) is 50.7 Å². The largest absolute Gasteiger partial charge is 0.338 e. The summed E-state index contributed by atoms with van der Waals surface area (Å²) in [5, 5.41) is 6.03. The van der Waals surface area contributed by atoms with Gasteiger partial charge in [0.1, 0.15) is 0 Å². The first-order chi connectivity index (χ1) is 16.8. The van der Waals surface area contributed by atoms with Crippen LogP contribution in [0.4, 0.5) is 10.7 Å². The molecule has 2 aromatic carbocycles. The van der Waals surface area contributed by atoms with Crippen molar-refractivity contribution in [2.24, 2.45) is 0 Å². The number of aromatic nitrogens is 2. The quantitative estimate of drug-likeness (QED) is 0.455. The summed E-state index contributed by atoms with van der Waals surface area (Å²) >= 11 is 0. The van der Waals surface area contributed by atoms with Gasteiger partial charge in [0.05, 0.1) is 0 Å². The molecule has 7 nitrogen and oxygen atoms in total. The van der Waals surface area contributed by atoms with Crippen LogP contribution in [0.2, 0.25) is 0 Å². The van der Waals surface area contributed by atoms with E-state index >= 15 is 0 Å². The molecule has 0 spiro atoms. The van der Waals surface area contributed by atoms with Crippen LogP contribution in [0.3, 0.4) is 0 Å². The van der Waals surface area contributed by atoms with Gasteiger partial charge >= 0.3 is 6.03 Å². The minimum absolute atomic E-state index is 0.0917. The van der Waals surface area contributed by atoms with E-state index < -0.39 is 0 Å². The smallest absolute Gasteiger partial charge is 0.314 e. The number of amides is 2. The second-order valence-corrected chi connectivity index (χ2v) is 8.58. The molecule has 7 heteroatoms. The van der Waals surface area contributed by atoms with E-state index in [4.69, 9.17) is 0 Å². The fourth-order valence-electron chi connectivity index (χ4n) is 4.42. The molecule has 0 unspecified atom stereocenters. The van der Waals surface area contributed by atoms with Gasteiger partial charge in [0, 0.05) is 57.6 Å². The maximum absolute atomic E-state index is 12.3. The van der Waals surface area contributed by atoms with Crippen molar-refractivity contribution < 1.29 is 4.79 Å². The fraction of sp³-hybridized carbons (Fsp3) is 0.370. The Morgan fingerprint density at radius 1 is 0.794 bits per heavy atom. The highest BCUT2D eigenvalue weighted by molar-refractivity contribution is 5.73. The van der Waals surface area contributed by atoms with Gasteiger partial charge in [0.15, 0.2) is 0 Å². The lowest BCUT2D eigenvalue weighted by atomic mass is 9.88. The number of anilines is 1. The molecule has 2 amide bonds. The Hall–Kier alpha value is -3.45. The monoisotopic (exact) mass is 458 g/mol. The van der Waals surface area contributed by atoms with E-state index in [1.54, 1.807) is 12.4 Å². The highest BCUT2D eigenvalue weighted by atomic mass is 16.2. The normalized spacial score (nSPS) is 14.2. The highest BCUT2D eigenvalue weighted by Gasteiger charge is 2.18. The molecule has 0 radical (unpaired) electrons. The molecule has 2 N–H and O–H groups in total. The SMILES string of the molecule is O=C(NCCCN1CCN(c2ncccn2)CC1)NCCC(c1ccccc1)c1ccccc1. The number of hydrogen-bond donors (Lipinski definition) is 2. The number of carbonyl (C=O) groups is 1. The average molecular weight is 459 g/mol. The maximum atomic E-state index is 12.3.